The number of nitrogens with zero attached hydrogens (tertiary/aromatic N) is 1. The number of benzene rings is 1. The van der Waals surface area contributed by atoms with Crippen LogP contribution in [0.15, 0.2) is 64.9 Å². The van der Waals surface area contributed by atoms with Gasteiger partial charge in [-0.25, -0.2) is 4.39 Å². The lowest BCUT2D eigenvalue weighted by Gasteiger charge is -2.09. The van der Waals surface area contributed by atoms with Crippen molar-refractivity contribution >= 4 is 23.2 Å². The second kappa shape index (κ2) is 7.75. The van der Waals surface area contributed by atoms with Gasteiger partial charge in [-0.3, -0.25) is 25.2 Å². The van der Waals surface area contributed by atoms with Crippen molar-refractivity contribution in [2.75, 3.05) is 0 Å². The molecule has 6 nitrogen and oxygen atoms in total. The average Bonchev–Trinajstić information content (AvgIpc) is 3.18. The summed E-state index contributed by atoms with van der Waals surface area (Å²) in [7, 11) is 0. The number of carbonyl (C=O) groups is 2. The van der Waals surface area contributed by atoms with E-state index in [0.717, 1.165) is 5.56 Å². The normalized spacial score (nSPS) is 10.3. The van der Waals surface area contributed by atoms with Crippen LogP contribution in [0.25, 0.3) is 0 Å². The molecule has 0 fully saturated rings. The van der Waals surface area contributed by atoms with Crippen LogP contribution in [0.1, 0.15) is 25.6 Å². The first kappa shape index (κ1) is 17.6. The van der Waals surface area contributed by atoms with E-state index in [-0.39, 0.29) is 17.9 Å². The Hall–Kier alpha value is -3.26. The number of halogens is 1. The Labute approximate surface area is 151 Å². The molecule has 2 amide bonds. The molecule has 2 N–H and O–H groups in total. The van der Waals surface area contributed by atoms with Crippen molar-refractivity contribution in [2.24, 2.45) is 0 Å². The molecule has 0 aliphatic carbocycles. The van der Waals surface area contributed by atoms with Crippen LogP contribution in [0, 0.1) is 5.82 Å². The highest BCUT2D eigenvalue weighted by Gasteiger charge is 2.14. The summed E-state index contributed by atoms with van der Waals surface area (Å²) in [5.41, 5.74) is 4.59. The van der Waals surface area contributed by atoms with E-state index in [4.69, 9.17) is 0 Å². The minimum atomic E-state index is -0.714. The minimum Gasteiger partial charge on any atom is -0.310 e. The molecule has 8 heteroatoms. The van der Waals surface area contributed by atoms with Crippen molar-refractivity contribution < 1.29 is 14.0 Å². The molecule has 0 aliphatic rings. The lowest BCUT2D eigenvalue weighted by molar-refractivity contribution is 0.0847. The summed E-state index contributed by atoms with van der Waals surface area (Å²) in [4.78, 5) is 36.9. The van der Waals surface area contributed by atoms with Gasteiger partial charge in [0.2, 0.25) is 0 Å². The molecule has 0 atom stereocenters. The van der Waals surface area contributed by atoms with E-state index in [1.165, 1.54) is 40.3 Å². The Balaban J connectivity index is 1.71. The molecule has 132 valence electrons. The molecule has 3 rings (SSSR count). The number of aromatic nitrogens is 1. The summed E-state index contributed by atoms with van der Waals surface area (Å²) in [6.45, 7) is 0.196. The molecule has 1 aromatic carbocycles. The number of amides is 2. The van der Waals surface area contributed by atoms with E-state index in [2.05, 4.69) is 10.9 Å². The zero-order valence-electron chi connectivity index (χ0n) is 13.4. The van der Waals surface area contributed by atoms with Crippen molar-refractivity contribution in [1.82, 2.24) is 15.4 Å². The smallest absolute Gasteiger partial charge is 0.279 e. The standard InChI is InChI=1S/C18H14FN3O3S/c19-13-7-5-12(6-8-13)11-22-9-1-3-14(18(22)25)16(23)20-21-17(24)15-4-2-10-26-15/h1-10H,11H2,(H,20,23)(H,21,24). The fourth-order valence-electron chi connectivity index (χ4n) is 2.27. The fraction of sp³-hybridized carbons (Fsp3) is 0.0556. The first-order valence-electron chi connectivity index (χ1n) is 7.62. The molecule has 0 saturated heterocycles. The van der Waals surface area contributed by atoms with E-state index < -0.39 is 17.4 Å². The second-order valence-corrected chi connectivity index (χ2v) is 6.31. The maximum Gasteiger partial charge on any atom is 0.279 e. The van der Waals surface area contributed by atoms with Gasteiger partial charge in [0.1, 0.15) is 11.4 Å². The molecule has 0 radical (unpaired) electrons. The van der Waals surface area contributed by atoms with Gasteiger partial charge in [-0.15, -0.1) is 11.3 Å². The van der Waals surface area contributed by atoms with Gasteiger partial charge in [0.25, 0.3) is 17.4 Å². The van der Waals surface area contributed by atoms with Gasteiger partial charge in [-0.05, 0) is 41.3 Å². The van der Waals surface area contributed by atoms with Crippen molar-refractivity contribution in [3.05, 3.63) is 92.3 Å². The van der Waals surface area contributed by atoms with Crippen molar-refractivity contribution in [3.63, 3.8) is 0 Å². The highest BCUT2D eigenvalue weighted by atomic mass is 32.1. The topological polar surface area (TPSA) is 80.2 Å². The maximum atomic E-state index is 13.0. The van der Waals surface area contributed by atoms with Crippen LogP contribution in [0.5, 0.6) is 0 Å². The molecule has 0 spiro atoms. The Morgan fingerprint density at radius 2 is 1.73 bits per heavy atom. The molecule has 2 heterocycles. The molecule has 0 bridgehead atoms. The number of pyridine rings is 1. The summed E-state index contributed by atoms with van der Waals surface area (Å²) >= 11 is 1.23. The van der Waals surface area contributed by atoms with Crippen LogP contribution in [0.3, 0.4) is 0 Å². The first-order valence-corrected chi connectivity index (χ1v) is 8.50. The summed E-state index contributed by atoms with van der Waals surface area (Å²) in [6.07, 6.45) is 1.53. The molecular formula is C18H14FN3O3S. The average molecular weight is 371 g/mol. The predicted octanol–water partition coefficient (Wildman–Crippen LogP) is 2.17. The lowest BCUT2D eigenvalue weighted by atomic mass is 10.2. The number of carbonyl (C=O) groups excluding carboxylic acids is 2. The first-order chi connectivity index (χ1) is 12.5. The summed E-state index contributed by atoms with van der Waals surface area (Å²) in [6, 6.07) is 12.0. The van der Waals surface area contributed by atoms with Gasteiger partial charge >= 0.3 is 0 Å². The highest BCUT2D eigenvalue weighted by Crippen LogP contribution is 2.07. The fourth-order valence-corrected chi connectivity index (χ4v) is 2.89. The summed E-state index contributed by atoms with van der Waals surface area (Å²) < 4.78 is 14.3. The number of hydrazine groups is 1. The van der Waals surface area contributed by atoms with E-state index in [1.807, 2.05) is 0 Å². The van der Waals surface area contributed by atoms with Gasteiger partial charge in [0.15, 0.2) is 0 Å². The highest BCUT2D eigenvalue weighted by molar-refractivity contribution is 7.12. The number of rotatable bonds is 4. The van der Waals surface area contributed by atoms with E-state index in [9.17, 15) is 18.8 Å². The Morgan fingerprint density at radius 3 is 2.42 bits per heavy atom. The van der Waals surface area contributed by atoms with Crippen LogP contribution in [0.4, 0.5) is 4.39 Å². The molecule has 0 aliphatic heterocycles. The van der Waals surface area contributed by atoms with Crippen LogP contribution < -0.4 is 16.4 Å². The maximum absolute atomic E-state index is 13.0. The van der Waals surface area contributed by atoms with Crippen LogP contribution >= 0.6 is 11.3 Å². The number of nitrogens with one attached hydrogen (secondary N) is 2. The summed E-state index contributed by atoms with van der Waals surface area (Å²) in [5.74, 6) is -1.54. The Bertz CT molecular complexity index is 982. The minimum absolute atomic E-state index is 0.110. The number of hydrogen-bond donors (Lipinski definition) is 2. The van der Waals surface area contributed by atoms with Gasteiger partial charge in [-0.2, -0.15) is 0 Å². The zero-order valence-corrected chi connectivity index (χ0v) is 14.3. The predicted molar refractivity (Wildman–Crippen MR) is 95.5 cm³/mol. The van der Waals surface area contributed by atoms with Gasteiger partial charge in [0.05, 0.1) is 11.4 Å². The van der Waals surface area contributed by atoms with Gasteiger partial charge < -0.3 is 4.57 Å². The Kier molecular flexibility index (Phi) is 5.23. The monoisotopic (exact) mass is 371 g/mol. The van der Waals surface area contributed by atoms with E-state index in [1.54, 1.807) is 35.7 Å². The molecular weight excluding hydrogens is 357 g/mol. The molecule has 0 unspecified atom stereocenters. The van der Waals surface area contributed by atoms with Crippen LogP contribution in [-0.2, 0) is 6.54 Å². The third kappa shape index (κ3) is 4.04. The quantitative estimate of drug-likeness (QED) is 0.690. The third-order valence-electron chi connectivity index (χ3n) is 3.57. The molecule has 0 saturated carbocycles. The van der Waals surface area contributed by atoms with E-state index >= 15 is 0 Å². The molecule has 2 aromatic heterocycles. The van der Waals surface area contributed by atoms with Crippen molar-refractivity contribution in [3.8, 4) is 0 Å². The third-order valence-corrected chi connectivity index (χ3v) is 4.43. The van der Waals surface area contributed by atoms with Crippen molar-refractivity contribution in [1.29, 1.82) is 0 Å². The Morgan fingerprint density at radius 1 is 1.00 bits per heavy atom. The second-order valence-electron chi connectivity index (χ2n) is 5.37. The van der Waals surface area contributed by atoms with Crippen molar-refractivity contribution in [2.45, 2.75) is 6.54 Å². The SMILES string of the molecule is O=C(NNC(=O)c1cccn(Cc2ccc(F)cc2)c1=O)c1cccs1. The van der Waals surface area contributed by atoms with E-state index in [0.29, 0.717) is 4.88 Å². The largest absolute Gasteiger partial charge is 0.310 e. The number of thiophene rings is 1. The van der Waals surface area contributed by atoms with Gasteiger partial charge in [0, 0.05) is 6.20 Å². The zero-order chi connectivity index (χ0) is 18.5. The lowest BCUT2D eigenvalue weighted by Crippen LogP contribution is -2.43. The van der Waals surface area contributed by atoms with Gasteiger partial charge in [-0.1, -0.05) is 18.2 Å². The summed E-state index contributed by atoms with van der Waals surface area (Å²) in [5, 5.41) is 1.74. The van der Waals surface area contributed by atoms with Crippen LogP contribution in [-0.4, -0.2) is 16.4 Å². The number of hydrogen-bond acceptors (Lipinski definition) is 4. The molecule has 26 heavy (non-hydrogen) atoms. The van der Waals surface area contributed by atoms with Crippen LogP contribution in [0.2, 0.25) is 0 Å². The molecule has 3 aromatic rings.